The molecule has 0 bridgehead atoms. The normalized spacial score (nSPS) is 14.3. The first-order valence-electron chi connectivity index (χ1n) is 6.07. The number of rotatable bonds is 5. The monoisotopic (exact) mass is 279 g/mol. The Kier molecular flexibility index (Phi) is 4.39. The molecule has 2 aromatic rings. The molecule has 0 saturated carbocycles. The summed E-state index contributed by atoms with van der Waals surface area (Å²) in [6.45, 7) is 2.04. The predicted molar refractivity (Wildman–Crippen MR) is 74.9 cm³/mol. The van der Waals surface area contributed by atoms with Crippen LogP contribution in [-0.4, -0.2) is 25.8 Å². The van der Waals surface area contributed by atoms with E-state index in [-0.39, 0.29) is 17.0 Å². The van der Waals surface area contributed by atoms with E-state index in [0.29, 0.717) is 5.16 Å². The number of thioether (sulfide) groups is 1. The molecule has 0 spiro atoms. The Balaban J connectivity index is 2.29. The van der Waals surface area contributed by atoms with Gasteiger partial charge in [-0.3, -0.25) is 9.55 Å². The highest BCUT2D eigenvalue weighted by molar-refractivity contribution is 7.99. The molecule has 6 nitrogen and oxygen atoms in total. The number of aromatic amines is 1. The summed E-state index contributed by atoms with van der Waals surface area (Å²) in [5.74, 6) is 0. The van der Waals surface area contributed by atoms with Gasteiger partial charge in [0, 0.05) is 25.5 Å². The molecule has 102 valence electrons. The maximum Gasteiger partial charge on any atom is 0.343 e. The van der Waals surface area contributed by atoms with E-state index in [1.54, 1.807) is 19.4 Å². The zero-order valence-corrected chi connectivity index (χ0v) is 11.7. The van der Waals surface area contributed by atoms with Crippen molar-refractivity contribution in [3.05, 3.63) is 40.6 Å². The Bertz CT molecular complexity index is 579. The minimum Gasteiger partial charge on any atom is -0.326 e. The van der Waals surface area contributed by atoms with E-state index in [1.165, 1.54) is 16.3 Å². The fourth-order valence-corrected chi connectivity index (χ4v) is 2.95. The summed E-state index contributed by atoms with van der Waals surface area (Å²) < 4.78 is 1.49. The number of aromatic nitrogens is 4. The van der Waals surface area contributed by atoms with E-state index >= 15 is 0 Å². The van der Waals surface area contributed by atoms with Crippen molar-refractivity contribution in [1.82, 2.24) is 19.7 Å². The van der Waals surface area contributed by atoms with Gasteiger partial charge < -0.3 is 5.73 Å². The van der Waals surface area contributed by atoms with Crippen LogP contribution in [0.3, 0.4) is 0 Å². The van der Waals surface area contributed by atoms with Crippen molar-refractivity contribution in [2.24, 2.45) is 12.8 Å². The summed E-state index contributed by atoms with van der Waals surface area (Å²) in [6.07, 6.45) is 4.34. The first kappa shape index (κ1) is 13.8. The first-order valence-corrected chi connectivity index (χ1v) is 6.95. The number of hydrogen-bond acceptors (Lipinski definition) is 5. The molecule has 0 saturated heterocycles. The van der Waals surface area contributed by atoms with E-state index in [0.717, 1.165) is 12.0 Å². The smallest absolute Gasteiger partial charge is 0.326 e. The molecule has 0 aromatic carbocycles. The molecule has 2 unspecified atom stereocenters. The lowest BCUT2D eigenvalue weighted by Crippen LogP contribution is -2.26. The number of nitrogens with two attached hydrogens (primary N) is 1. The van der Waals surface area contributed by atoms with Gasteiger partial charge in [-0.1, -0.05) is 18.7 Å². The van der Waals surface area contributed by atoms with Crippen LogP contribution in [0.1, 0.15) is 24.2 Å². The highest BCUT2D eigenvalue weighted by Gasteiger charge is 2.22. The summed E-state index contributed by atoms with van der Waals surface area (Å²) in [4.78, 5) is 15.4. The van der Waals surface area contributed by atoms with Crippen molar-refractivity contribution < 1.29 is 0 Å². The largest absolute Gasteiger partial charge is 0.343 e. The van der Waals surface area contributed by atoms with Crippen LogP contribution in [-0.2, 0) is 7.05 Å². The van der Waals surface area contributed by atoms with Gasteiger partial charge in [0.2, 0.25) is 0 Å². The van der Waals surface area contributed by atoms with Gasteiger partial charge >= 0.3 is 5.69 Å². The molecule has 2 aromatic heterocycles. The van der Waals surface area contributed by atoms with E-state index in [4.69, 9.17) is 5.73 Å². The molecule has 19 heavy (non-hydrogen) atoms. The Hall–Kier alpha value is -1.60. The second kappa shape index (κ2) is 6.03. The number of nitrogens with zero attached hydrogens (tertiary/aromatic N) is 3. The van der Waals surface area contributed by atoms with Gasteiger partial charge in [0.15, 0.2) is 5.16 Å². The molecular formula is C12H17N5OS. The van der Waals surface area contributed by atoms with Crippen LogP contribution in [0.15, 0.2) is 34.5 Å². The lowest BCUT2D eigenvalue weighted by Gasteiger charge is -2.21. The van der Waals surface area contributed by atoms with E-state index in [1.807, 2.05) is 19.1 Å². The Morgan fingerprint density at radius 2 is 2.16 bits per heavy atom. The summed E-state index contributed by atoms with van der Waals surface area (Å²) in [5.41, 5.74) is 7.05. The van der Waals surface area contributed by atoms with Crippen LogP contribution in [0.2, 0.25) is 0 Å². The van der Waals surface area contributed by atoms with Gasteiger partial charge in [-0.15, -0.1) is 5.10 Å². The number of hydrogen-bond donors (Lipinski definition) is 2. The zero-order valence-electron chi connectivity index (χ0n) is 10.9. The maximum atomic E-state index is 11.4. The summed E-state index contributed by atoms with van der Waals surface area (Å²) in [7, 11) is 1.69. The fraction of sp³-hybridized carbons (Fsp3) is 0.417. The van der Waals surface area contributed by atoms with Gasteiger partial charge in [0.1, 0.15) is 0 Å². The molecule has 0 radical (unpaired) electrons. The Morgan fingerprint density at radius 1 is 1.47 bits per heavy atom. The molecule has 2 atom stereocenters. The van der Waals surface area contributed by atoms with Gasteiger partial charge in [-0.05, 0) is 24.1 Å². The molecule has 2 rings (SSSR count). The SMILES string of the molecule is CCC(N)C(Sc1n[nH]c(=O)n1C)c1ccncc1. The fourth-order valence-electron chi connectivity index (χ4n) is 1.72. The van der Waals surface area contributed by atoms with E-state index < -0.39 is 0 Å². The Labute approximate surface area is 115 Å². The maximum absolute atomic E-state index is 11.4. The van der Waals surface area contributed by atoms with Crippen LogP contribution in [0.5, 0.6) is 0 Å². The van der Waals surface area contributed by atoms with Crippen molar-refractivity contribution in [1.29, 1.82) is 0 Å². The molecule has 0 amide bonds. The lowest BCUT2D eigenvalue weighted by molar-refractivity contribution is 0.629. The third-order valence-corrected chi connectivity index (χ3v) is 4.42. The lowest BCUT2D eigenvalue weighted by atomic mass is 10.1. The molecule has 0 aliphatic carbocycles. The van der Waals surface area contributed by atoms with Gasteiger partial charge in [-0.25, -0.2) is 9.89 Å². The standard InChI is InChI=1S/C12H17N5OS/c1-3-9(13)10(8-4-6-14-7-5-8)19-12-16-15-11(18)17(12)2/h4-7,9-10H,3,13H2,1-2H3,(H,15,18). The van der Waals surface area contributed by atoms with Crippen LogP contribution in [0.4, 0.5) is 0 Å². The second-order valence-electron chi connectivity index (χ2n) is 4.26. The third-order valence-electron chi connectivity index (χ3n) is 2.97. The Morgan fingerprint density at radius 3 is 2.68 bits per heavy atom. The van der Waals surface area contributed by atoms with Crippen molar-refractivity contribution in [3.8, 4) is 0 Å². The highest BCUT2D eigenvalue weighted by atomic mass is 32.2. The number of pyridine rings is 1. The summed E-state index contributed by atoms with van der Waals surface area (Å²) in [6, 6.07) is 3.87. The molecule has 2 heterocycles. The average molecular weight is 279 g/mol. The molecule has 0 aliphatic rings. The van der Waals surface area contributed by atoms with Crippen molar-refractivity contribution in [2.75, 3.05) is 0 Å². The van der Waals surface area contributed by atoms with Crippen molar-refractivity contribution >= 4 is 11.8 Å². The van der Waals surface area contributed by atoms with Crippen LogP contribution >= 0.6 is 11.8 Å². The molecule has 0 aliphatic heterocycles. The minimum absolute atomic E-state index is 0.0146. The van der Waals surface area contributed by atoms with E-state index in [2.05, 4.69) is 15.2 Å². The summed E-state index contributed by atoms with van der Waals surface area (Å²) in [5, 5.41) is 7.13. The van der Waals surface area contributed by atoms with Crippen LogP contribution < -0.4 is 11.4 Å². The zero-order chi connectivity index (χ0) is 13.8. The minimum atomic E-state index is -0.221. The van der Waals surface area contributed by atoms with E-state index in [9.17, 15) is 4.79 Å². The van der Waals surface area contributed by atoms with Crippen molar-refractivity contribution in [3.63, 3.8) is 0 Å². The van der Waals surface area contributed by atoms with Gasteiger partial charge in [0.25, 0.3) is 0 Å². The quantitative estimate of drug-likeness (QED) is 0.799. The average Bonchev–Trinajstić information content (AvgIpc) is 2.76. The molecule has 7 heteroatoms. The predicted octanol–water partition coefficient (Wildman–Crippen LogP) is 1.07. The highest BCUT2D eigenvalue weighted by Crippen LogP contribution is 2.36. The third kappa shape index (κ3) is 3.05. The van der Waals surface area contributed by atoms with Gasteiger partial charge in [0.05, 0.1) is 5.25 Å². The van der Waals surface area contributed by atoms with Crippen LogP contribution in [0, 0.1) is 0 Å². The van der Waals surface area contributed by atoms with Gasteiger partial charge in [-0.2, -0.15) is 0 Å². The van der Waals surface area contributed by atoms with Crippen molar-refractivity contribution in [2.45, 2.75) is 29.8 Å². The molecule has 3 N–H and O–H groups in total. The number of H-pyrrole nitrogens is 1. The first-order chi connectivity index (χ1) is 9.13. The molecule has 0 fully saturated rings. The second-order valence-corrected chi connectivity index (χ2v) is 5.37. The number of nitrogens with one attached hydrogen (secondary N) is 1. The summed E-state index contributed by atoms with van der Waals surface area (Å²) >= 11 is 1.49. The topological polar surface area (TPSA) is 89.6 Å². The van der Waals surface area contributed by atoms with Crippen LogP contribution in [0.25, 0.3) is 0 Å². The molecular weight excluding hydrogens is 262 g/mol.